The smallest absolute Gasteiger partial charge is 0.0601 e. The summed E-state index contributed by atoms with van der Waals surface area (Å²) in [5.41, 5.74) is 8.30. The molecule has 0 saturated carbocycles. The van der Waals surface area contributed by atoms with Crippen LogP contribution < -0.4 is 5.73 Å². The molecule has 4 heteroatoms. The standard InChI is InChI=1S/C12H19BrN2O/c1-8-4-5-9(13)6-10(8)12(15(2)3)11(14)7-16/h4-6,11-12,16H,7,14H2,1-3H3. The van der Waals surface area contributed by atoms with Gasteiger partial charge >= 0.3 is 0 Å². The summed E-state index contributed by atoms with van der Waals surface area (Å²) in [7, 11) is 3.95. The van der Waals surface area contributed by atoms with Crippen LogP contribution in [0.4, 0.5) is 0 Å². The van der Waals surface area contributed by atoms with Gasteiger partial charge in [0, 0.05) is 10.5 Å². The molecule has 3 nitrogen and oxygen atoms in total. The maximum atomic E-state index is 9.21. The third-order valence-electron chi connectivity index (χ3n) is 2.73. The average Bonchev–Trinajstić information content (AvgIpc) is 2.22. The summed E-state index contributed by atoms with van der Waals surface area (Å²) in [5.74, 6) is 0. The number of aliphatic hydroxyl groups excluding tert-OH is 1. The number of hydrogen-bond donors (Lipinski definition) is 2. The zero-order valence-corrected chi connectivity index (χ0v) is 11.5. The van der Waals surface area contributed by atoms with Gasteiger partial charge in [-0.1, -0.05) is 22.0 Å². The predicted molar refractivity (Wildman–Crippen MR) is 70.4 cm³/mol. The Bertz CT molecular complexity index is 355. The van der Waals surface area contributed by atoms with Crippen molar-refractivity contribution in [3.05, 3.63) is 33.8 Å². The fourth-order valence-corrected chi connectivity index (χ4v) is 2.30. The van der Waals surface area contributed by atoms with Crippen molar-refractivity contribution in [2.45, 2.75) is 19.0 Å². The number of likely N-dealkylation sites (N-methyl/N-ethyl adjacent to an activating group) is 1. The number of nitrogens with two attached hydrogens (primary N) is 1. The Kier molecular flexibility index (Phi) is 4.92. The minimum absolute atomic E-state index is 0.0190. The lowest BCUT2D eigenvalue weighted by Gasteiger charge is -2.30. The van der Waals surface area contributed by atoms with E-state index in [2.05, 4.69) is 35.0 Å². The number of hydrogen-bond acceptors (Lipinski definition) is 3. The molecule has 0 fully saturated rings. The first-order chi connectivity index (χ1) is 7.47. The van der Waals surface area contributed by atoms with Gasteiger partial charge in [-0.2, -0.15) is 0 Å². The molecule has 0 aliphatic heterocycles. The van der Waals surface area contributed by atoms with E-state index >= 15 is 0 Å². The van der Waals surface area contributed by atoms with Crippen LogP contribution in [0.15, 0.2) is 22.7 Å². The van der Waals surface area contributed by atoms with Crippen molar-refractivity contribution in [2.75, 3.05) is 20.7 Å². The largest absolute Gasteiger partial charge is 0.395 e. The quantitative estimate of drug-likeness (QED) is 0.886. The molecule has 0 aliphatic carbocycles. The fraction of sp³-hybridized carbons (Fsp3) is 0.500. The molecule has 2 unspecified atom stereocenters. The van der Waals surface area contributed by atoms with E-state index in [1.807, 2.05) is 25.1 Å². The van der Waals surface area contributed by atoms with Crippen molar-refractivity contribution < 1.29 is 5.11 Å². The Morgan fingerprint density at radius 2 is 2.06 bits per heavy atom. The molecule has 0 bridgehead atoms. The van der Waals surface area contributed by atoms with Crippen LogP contribution in [0.1, 0.15) is 17.2 Å². The summed E-state index contributed by atoms with van der Waals surface area (Å²) in [5, 5.41) is 9.21. The molecule has 0 radical (unpaired) electrons. The number of aryl methyl sites for hydroxylation is 1. The number of benzene rings is 1. The highest BCUT2D eigenvalue weighted by atomic mass is 79.9. The van der Waals surface area contributed by atoms with E-state index in [1.54, 1.807) is 0 Å². The number of halogens is 1. The molecule has 0 heterocycles. The summed E-state index contributed by atoms with van der Waals surface area (Å²) >= 11 is 3.46. The van der Waals surface area contributed by atoms with Gasteiger partial charge in [0.05, 0.1) is 12.6 Å². The van der Waals surface area contributed by atoms with E-state index in [4.69, 9.17) is 5.73 Å². The van der Waals surface area contributed by atoms with Crippen molar-refractivity contribution >= 4 is 15.9 Å². The Balaban J connectivity index is 3.15. The normalized spacial score (nSPS) is 15.2. The van der Waals surface area contributed by atoms with E-state index in [1.165, 1.54) is 5.56 Å². The third kappa shape index (κ3) is 3.04. The molecule has 0 aromatic heterocycles. The van der Waals surface area contributed by atoms with Crippen LogP contribution >= 0.6 is 15.9 Å². The average molecular weight is 287 g/mol. The van der Waals surface area contributed by atoms with E-state index in [-0.39, 0.29) is 18.7 Å². The number of aliphatic hydroxyl groups is 1. The molecular formula is C12H19BrN2O. The first kappa shape index (κ1) is 13.6. The zero-order chi connectivity index (χ0) is 12.3. The Morgan fingerprint density at radius 3 is 2.56 bits per heavy atom. The highest BCUT2D eigenvalue weighted by Crippen LogP contribution is 2.27. The first-order valence-electron chi connectivity index (χ1n) is 5.26. The first-order valence-corrected chi connectivity index (χ1v) is 6.05. The Morgan fingerprint density at radius 1 is 1.44 bits per heavy atom. The van der Waals surface area contributed by atoms with Gasteiger partial charge in [-0.05, 0) is 44.3 Å². The van der Waals surface area contributed by atoms with Gasteiger partial charge in [0.15, 0.2) is 0 Å². The topological polar surface area (TPSA) is 49.5 Å². The van der Waals surface area contributed by atoms with Crippen LogP contribution in [0.25, 0.3) is 0 Å². The van der Waals surface area contributed by atoms with Crippen molar-refractivity contribution in [3.8, 4) is 0 Å². The fourth-order valence-electron chi connectivity index (χ4n) is 1.92. The number of rotatable bonds is 4. The van der Waals surface area contributed by atoms with Gasteiger partial charge in [-0.25, -0.2) is 0 Å². The summed E-state index contributed by atoms with van der Waals surface area (Å²) in [6.45, 7) is 2.04. The number of nitrogens with zero attached hydrogens (tertiary/aromatic N) is 1. The van der Waals surface area contributed by atoms with E-state index in [0.29, 0.717) is 0 Å². The second-order valence-corrected chi connectivity index (χ2v) is 5.17. The molecule has 0 spiro atoms. The van der Waals surface area contributed by atoms with Crippen LogP contribution in [0, 0.1) is 6.92 Å². The van der Waals surface area contributed by atoms with E-state index in [0.717, 1.165) is 10.0 Å². The molecule has 3 N–H and O–H groups in total. The van der Waals surface area contributed by atoms with E-state index in [9.17, 15) is 5.11 Å². The van der Waals surface area contributed by atoms with Crippen LogP contribution in [0.3, 0.4) is 0 Å². The highest BCUT2D eigenvalue weighted by molar-refractivity contribution is 9.10. The Hall–Kier alpha value is -0.420. The van der Waals surface area contributed by atoms with E-state index < -0.39 is 0 Å². The molecular weight excluding hydrogens is 268 g/mol. The summed E-state index contributed by atoms with van der Waals surface area (Å²) in [6, 6.07) is 5.89. The summed E-state index contributed by atoms with van der Waals surface area (Å²) in [4.78, 5) is 2.04. The second-order valence-electron chi connectivity index (χ2n) is 4.26. The van der Waals surface area contributed by atoms with Crippen molar-refractivity contribution in [1.82, 2.24) is 4.90 Å². The van der Waals surface area contributed by atoms with Gasteiger partial charge in [-0.3, -0.25) is 0 Å². The van der Waals surface area contributed by atoms with Gasteiger partial charge < -0.3 is 15.7 Å². The highest BCUT2D eigenvalue weighted by Gasteiger charge is 2.23. The monoisotopic (exact) mass is 286 g/mol. The van der Waals surface area contributed by atoms with Crippen molar-refractivity contribution in [3.63, 3.8) is 0 Å². The molecule has 90 valence electrons. The van der Waals surface area contributed by atoms with Gasteiger partial charge in [0.25, 0.3) is 0 Å². The molecule has 0 amide bonds. The summed E-state index contributed by atoms with van der Waals surface area (Å²) in [6.07, 6.45) is 0. The molecule has 16 heavy (non-hydrogen) atoms. The van der Waals surface area contributed by atoms with Crippen molar-refractivity contribution in [1.29, 1.82) is 0 Å². The van der Waals surface area contributed by atoms with Gasteiger partial charge in [0.2, 0.25) is 0 Å². The Labute approximate surface area is 105 Å². The van der Waals surface area contributed by atoms with Crippen LogP contribution in [-0.2, 0) is 0 Å². The molecule has 1 aromatic rings. The van der Waals surface area contributed by atoms with Crippen LogP contribution in [-0.4, -0.2) is 36.8 Å². The van der Waals surface area contributed by atoms with Gasteiger partial charge in [0.1, 0.15) is 0 Å². The molecule has 1 aromatic carbocycles. The molecule has 2 atom stereocenters. The lowest BCUT2D eigenvalue weighted by molar-refractivity contribution is 0.181. The molecule has 1 rings (SSSR count). The predicted octanol–water partition coefficient (Wildman–Crippen LogP) is 1.68. The lowest BCUT2D eigenvalue weighted by Crippen LogP contribution is -2.40. The van der Waals surface area contributed by atoms with Crippen LogP contribution in [0.5, 0.6) is 0 Å². The molecule has 0 aliphatic rings. The minimum Gasteiger partial charge on any atom is -0.395 e. The van der Waals surface area contributed by atoms with Crippen molar-refractivity contribution in [2.24, 2.45) is 5.73 Å². The zero-order valence-electron chi connectivity index (χ0n) is 9.94. The van der Waals surface area contributed by atoms with Crippen LogP contribution in [0.2, 0.25) is 0 Å². The van der Waals surface area contributed by atoms with Gasteiger partial charge in [-0.15, -0.1) is 0 Å². The maximum Gasteiger partial charge on any atom is 0.0601 e. The minimum atomic E-state index is -0.275. The maximum absolute atomic E-state index is 9.21. The summed E-state index contributed by atoms with van der Waals surface area (Å²) < 4.78 is 1.03. The third-order valence-corrected chi connectivity index (χ3v) is 3.23. The molecule has 0 saturated heterocycles. The second kappa shape index (κ2) is 5.77. The SMILES string of the molecule is Cc1ccc(Br)cc1C(C(N)CO)N(C)C. The lowest BCUT2D eigenvalue weighted by atomic mass is 9.95.